The molecule has 0 radical (unpaired) electrons. The molecule has 8 heteroatoms. The fourth-order valence-corrected chi connectivity index (χ4v) is 4.94. The van der Waals surface area contributed by atoms with Crippen LogP contribution in [0.1, 0.15) is 112 Å². The van der Waals surface area contributed by atoms with Crippen molar-refractivity contribution < 1.29 is 28.2 Å². The van der Waals surface area contributed by atoms with Crippen LogP contribution < -0.4 is 10.1 Å². The van der Waals surface area contributed by atoms with Gasteiger partial charge in [-0.15, -0.1) is 0 Å². The molecule has 42 heavy (non-hydrogen) atoms. The zero-order chi connectivity index (χ0) is 31.7. The first-order valence-corrected chi connectivity index (χ1v) is 18.5. The van der Waals surface area contributed by atoms with Crippen LogP contribution in [0.5, 0.6) is 5.75 Å². The van der Waals surface area contributed by atoms with E-state index in [9.17, 15) is 4.79 Å². The summed E-state index contributed by atoms with van der Waals surface area (Å²) in [7, 11) is -1.98. The van der Waals surface area contributed by atoms with Crippen LogP contribution in [-0.2, 0) is 25.2 Å². The molecule has 0 aliphatic carbocycles. The number of alkyl carbamates (subject to hydrolysis) is 1. The van der Waals surface area contributed by atoms with E-state index in [2.05, 4.69) is 57.9 Å². The zero-order valence-corrected chi connectivity index (χ0v) is 29.3. The van der Waals surface area contributed by atoms with Crippen LogP contribution in [0.2, 0.25) is 18.1 Å². The second-order valence-corrected chi connectivity index (χ2v) is 19.2. The van der Waals surface area contributed by atoms with Gasteiger partial charge in [-0.3, -0.25) is 0 Å². The van der Waals surface area contributed by atoms with Crippen molar-refractivity contribution in [2.24, 2.45) is 0 Å². The molecule has 1 aliphatic rings. The van der Waals surface area contributed by atoms with Crippen molar-refractivity contribution in [2.45, 2.75) is 143 Å². The molecule has 2 rings (SSSR count). The summed E-state index contributed by atoms with van der Waals surface area (Å²) in [6.45, 7) is 24.1. The first kappa shape index (κ1) is 36.1. The lowest BCUT2D eigenvalue weighted by atomic mass is 10.00. The van der Waals surface area contributed by atoms with E-state index in [4.69, 9.17) is 23.4 Å². The summed E-state index contributed by atoms with van der Waals surface area (Å²) >= 11 is 0. The lowest BCUT2D eigenvalue weighted by Gasteiger charge is -2.41. The molecule has 1 saturated heterocycles. The van der Waals surface area contributed by atoms with E-state index in [0.29, 0.717) is 13.2 Å². The van der Waals surface area contributed by atoms with Crippen LogP contribution in [0, 0.1) is 11.8 Å². The summed E-state index contributed by atoms with van der Waals surface area (Å²) in [6, 6.07) is 5.97. The highest BCUT2D eigenvalue weighted by Crippen LogP contribution is 2.37. The van der Waals surface area contributed by atoms with Gasteiger partial charge in [0.05, 0.1) is 26.4 Å². The number of benzene rings is 1. The summed E-state index contributed by atoms with van der Waals surface area (Å²) < 4.78 is 30.2. The van der Waals surface area contributed by atoms with E-state index >= 15 is 0 Å². The van der Waals surface area contributed by atoms with E-state index in [1.54, 1.807) is 0 Å². The summed E-state index contributed by atoms with van der Waals surface area (Å²) in [6.07, 6.45) is 6.72. The molecule has 0 saturated carbocycles. The number of rotatable bonds is 12. The summed E-state index contributed by atoms with van der Waals surface area (Å²) in [5, 5.41) is 3.00. The molecule has 1 aromatic rings. The van der Waals surface area contributed by atoms with Crippen LogP contribution in [0.25, 0.3) is 0 Å². The fraction of sp³-hybridized carbons (Fsp3) is 0.735. The molecule has 1 aromatic carbocycles. The molecule has 0 spiro atoms. The first-order valence-electron chi connectivity index (χ1n) is 15.6. The Kier molecular flexibility index (Phi) is 13.0. The van der Waals surface area contributed by atoms with Crippen LogP contribution in [0.15, 0.2) is 18.2 Å². The van der Waals surface area contributed by atoms with Crippen molar-refractivity contribution in [2.75, 3.05) is 19.8 Å². The molecule has 7 nitrogen and oxygen atoms in total. The van der Waals surface area contributed by atoms with Gasteiger partial charge in [-0.05, 0) is 77.4 Å². The number of amides is 1. The minimum absolute atomic E-state index is 0.0956. The average Bonchev–Trinajstić information content (AvgIpc) is 2.86. The predicted octanol–water partition coefficient (Wildman–Crippen LogP) is 8.35. The second-order valence-electron chi connectivity index (χ2n) is 14.4. The van der Waals surface area contributed by atoms with Crippen LogP contribution in [0.4, 0.5) is 4.79 Å². The van der Waals surface area contributed by atoms with Crippen molar-refractivity contribution in [1.82, 2.24) is 5.32 Å². The number of hydrogen-bond acceptors (Lipinski definition) is 6. The minimum atomic E-state index is -1.98. The quantitative estimate of drug-likeness (QED) is 0.147. The monoisotopic (exact) mass is 603 g/mol. The van der Waals surface area contributed by atoms with Crippen molar-refractivity contribution >= 4 is 14.4 Å². The number of carbonyl (C=O) groups excluding carboxylic acids is 1. The summed E-state index contributed by atoms with van der Waals surface area (Å²) in [5.74, 6) is 6.58. The zero-order valence-electron chi connectivity index (χ0n) is 28.3. The van der Waals surface area contributed by atoms with Gasteiger partial charge >= 0.3 is 6.09 Å². The molecule has 1 N–H and O–H groups in total. The average molecular weight is 604 g/mol. The molecule has 1 aliphatic heterocycles. The number of nitrogens with one attached hydrogen (secondary N) is 1. The van der Waals surface area contributed by atoms with Gasteiger partial charge in [0.25, 0.3) is 0 Å². The molecule has 0 aromatic heterocycles. The van der Waals surface area contributed by atoms with E-state index < -0.39 is 31.3 Å². The lowest BCUT2D eigenvalue weighted by Crippen LogP contribution is -2.60. The Morgan fingerprint density at radius 2 is 1.62 bits per heavy atom. The molecule has 0 atom stereocenters. The third kappa shape index (κ3) is 12.3. The van der Waals surface area contributed by atoms with Gasteiger partial charge in [-0.1, -0.05) is 71.6 Å². The standard InChI is InChI=1S/C34H57NO6Si/c1-12-13-14-15-16-17-22-37-29-19-18-27(23-28(29)24-40-42(10,11)32(5,6)7)20-21-34(25-38-33(8,9)39-26-34)35-30(36)41-31(2,3)4/h18-19,23H,12-17,22,24-26H2,1-11H3,(H,35,36). The maximum atomic E-state index is 12.7. The highest BCUT2D eigenvalue weighted by molar-refractivity contribution is 6.74. The SMILES string of the molecule is CCCCCCCCOc1ccc(C#CC2(NC(=O)OC(C)(C)C)COC(C)(C)OC2)cc1CO[Si](C)(C)C(C)(C)C. The molecular weight excluding hydrogens is 546 g/mol. The highest BCUT2D eigenvalue weighted by Gasteiger charge is 2.41. The Morgan fingerprint density at radius 3 is 2.21 bits per heavy atom. The molecule has 238 valence electrons. The number of carbonyl (C=O) groups is 1. The molecule has 1 fully saturated rings. The maximum Gasteiger partial charge on any atom is 0.409 e. The normalized spacial score (nSPS) is 16.7. The van der Waals surface area contributed by atoms with Crippen LogP contribution in [-0.4, -0.2) is 51.2 Å². The molecule has 1 amide bonds. The largest absolute Gasteiger partial charge is 0.493 e. The topological polar surface area (TPSA) is 75.3 Å². The van der Waals surface area contributed by atoms with Crippen molar-refractivity contribution in [3.05, 3.63) is 29.3 Å². The third-order valence-corrected chi connectivity index (χ3v) is 12.2. The van der Waals surface area contributed by atoms with E-state index in [1.807, 2.05) is 52.8 Å². The number of hydrogen-bond donors (Lipinski definition) is 1. The van der Waals surface area contributed by atoms with Crippen molar-refractivity contribution in [1.29, 1.82) is 0 Å². The van der Waals surface area contributed by atoms with Crippen LogP contribution in [0.3, 0.4) is 0 Å². The molecule has 0 bridgehead atoms. The minimum Gasteiger partial charge on any atom is -0.493 e. The van der Waals surface area contributed by atoms with Gasteiger partial charge in [0.1, 0.15) is 11.4 Å². The number of ether oxygens (including phenoxy) is 4. The van der Waals surface area contributed by atoms with E-state index in [0.717, 1.165) is 23.3 Å². The Morgan fingerprint density at radius 1 is 1.00 bits per heavy atom. The van der Waals surface area contributed by atoms with Crippen molar-refractivity contribution in [3.63, 3.8) is 0 Å². The summed E-state index contributed by atoms with van der Waals surface area (Å²) in [4.78, 5) is 12.7. The van der Waals surface area contributed by atoms with Gasteiger partial charge in [0.15, 0.2) is 19.6 Å². The maximum absolute atomic E-state index is 12.7. The fourth-order valence-electron chi connectivity index (χ4n) is 3.99. The Bertz CT molecular complexity index is 1060. The lowest BCUT2D eigenvalue weighted by molar-refractivity contribution is -0.262. The number of unbranched alkanes of at least 4 members (excludes halogenated alkanes) is 5. The first-order chi connectivity index (χ1) is 19.4. The van der Waals surface area contributed by atoms with Gasteiger partial charge < -0.3 is 28.7 Å². The second kappa shape index (κ2) is 15.1. The smallest absolute Gasteiger partial charge is 0.409 e. The molecule has 0 unspecified atom stereocenters. The molecule has 1 heterocycles. The Hall–Kier alpha value is -2.05. The Labute approximate surface area is 256 Å². The van der Waals surface area contributed by atoms with Crippen molar-refractivity contribution in [3.8, 4) is 17.6 Å². The van der Waals surface area contributed by atoms with Gasteiger partial charge in [0, 0.05) is 11.1 Å². The highest BCUT2D eigenvalue weighted by atomic mass is 28.4. The predicted molar refractivity (Wildman–Crippen MR) is 172 cm³/mol. The molecular formula is C34H57NO6Si. The van der Waals surface area contributed by atoms with E-state index in [-0.39, 0.29) is 18.3 Å². The van der Waals surface area contributed by atoms with Gasteiger partial charge in [-0.25, -0.2) is 4.79 Å². The Balaban J connectivity index is 2.29. The van der Waals surface area contributed by atoms with Crippen LogP contribution >= 0.6 is 0 Å². The summed E-state index contributed by atoms with van der Waals surface area (Å²) in [5.41, 5.74) is 0.0800. The van der Waals surface area contributed by atoms with Gasteiger partial charge in [-0.2, -0.15) is 0 Å². The van der Waals surface area contributed by atoms with E-state index in [1.165, 1.54) is 32.1 Å². The third-order valence-electron chi connectivity index (χ3n) is 7.73. The van der Waals surface area contributed by atoms with Gasteiger partial charge in [0.2, 0.25) is 0 Å².